The summed E-state index contributed by atoms with van der Waals surface area (Å²) in [6.45, 7) is 1.88. The molecule has 4 rings (SSSR count). The summed E-state index contributed by atoms with van der Waals surface area (Å²) in [6, 6.07) is 11.3. The second-order valence-corrected chi connectivity index (χ2v) is 7.72. The summed E-state index contributed by atoms with van der Waals surface area (Å²) in [5.74, 6) is 1.75. The van der Waals surface area contributed by atoms with Crippen LogP contribution in [0.15, 0.2) is 36.4 Å². The zero-order chi connectivity index (χ0) is 21.4. The van der Waals surface area contributed by atoms with E-state index in [2.05, 4.69) is 5.10 Å². The summed E-state index contributed by atoms with van der Waals surface area (Å²) in [5.41, 5.74) is 4.21. The number of methoxy groups -OCH3 is 3. The van der Waals surface area contributed by atoms with Crippen molar-refractivity contribution in [3.05, 3.63) is 63.9 Å². The van der Waals surface area contributed by atoms with Gasteiger partial charge in [0.15, 0.2) is 17.3 Å². The first-order valence-electron chi connectivity index (χ1n) is 9.64. The highest BCUT2D eigenvalue weighted by Gasteiger charge is 2.33. The monoisotopic (exact) mass is 426 g/mol. The summed E-state index contributed by atoms with van der Waals surface area (Å²) < 4.78 is 18.3. The number of nitrogens with zero attached hydrogens (tertiary/aromatic N) is 2. The van der Waals surface area contributed by atoms with Crippen LogP contribution in [0.3, 0.4) is 0 Å². The summed E-state index contributed by atoms with van der Waals surface area (Å²) in [5, 5.41) is 5.30. The molecular formula is C23H23ClN2O4. The number of carbonyl (C=O) groups is 1. The van der Waals surface area contributed by atoms with Crippen LogP contribution < -0.4 is 14.2 Å². The summed E-state index contributed by atoms with van der Waals surface area (Å²) >= 11 is 6.04. The molecule has 0 saturated carbocycles. The van der Waals surface area contributed by atoms with Gasteiger partial charge in [-0.1, -0.05) is 11.6 Å². The lowest BCUT2D eigenvalue weighted by Gasteiger charge is -2.24. The first kappa shape index (κ1) is 20.3. The summed E-state index contributed by atoms with van der Waals surface area (Å²) in [7, 11) is 4.75. The van der Waals surface area contributed by atoms with E-state index in [1.54, 1.807) is 21.3 Å². The van der Waals surface area contributed by atoms with Gasteiger partial charge in [-0.25, -0.2) is 4.68 Å². The molecule has 0 aliphatic heterocycles. The summed E-state index contributed by atoms with van der Waals surface area (Å²) in [6.07, 6.45) is 1.07. The number of ether oxygens (including phenoxy) is 3. The number of hydrogen-bond acceptors (Lipinski definition) is 5. The molecule has 0 radical (unpaired) electrons. The first-order valence-corrected chi connectivity index (χ1v) is 10.0. The molecule has 7 heteroatoms. The number of halogens is 1. The van der Waals surface area contributed by atoms with Crippen molar-refractivity contribution in [1.29, 1.82) is 0 Å². The number of aromatic nitrogens is 2. The van der Waals surface area contributed by atoms with Crippen molar-refractivity contribution >= 4 is 17.4 Å². The Morgan fingerprint density at radius 3 is 2.20 bits per heavy atom. The van der Waals surface area contributed by atoms with E-state index in [0.29, 0.717) is 40.7 Å². The Morgan fingerprint density at radius 2 is 1.63 bits per heavy atom. The largest absolute Gasteiger partial charge is 0.493 e. The molecule has 0 amide bonds. The third-order valence-corrected chi connectivity index (χ3v) is 5.79. The van der Waals surface area contributed by atoms with Crippen LogP contribution in [0, 0.1) is 6.92 Å². The number of ketones is 1. The first-order chi connectivity index (χ1) is 14.5. The maximum Gasteiger partial charge on any atom is 0.203 e. The van der Waals surface area contributed by atoms with Gasteiger partial charge in [0.2, 0.25) is 5.75 Å². The standard InChI is InChI=1S/C23H23ClN2O4/c1-13-22-18(26(25-13)17-7-5-16(24)6-8-17)9-14(10-19(22)27)15-11-20(28-2)23(30-4)21(12-15)29-3/h5-8,11-12,14H,9-10H2,1-4H3. The van der Waals surface area contributed by atoms with E-state index in [0.717, 1.165) is 22.6 Å². The fraction of sp³-hybridized carbons (Fsp3) is 0.304. The lowest BCUT2D eigenvalue weighted by atomic mass is 9.81. The molecule has 1 atom stereocenters. The zero-order valence-electron chi connectivity index (χ0n) is 17.4. The Balaban J connectivity index is 1.79. The van der Waals surface area contributed by atoms with Gasteiger partial charge < -0.3 is 14.2 Å². The molecule has 0 fully saturated rings. The van der Waals surface area contributed by atoms with Crippen molar-refractivity contribution in [2.75, 3.05) is 21.3 Å². The van der Waals surface area contributed by atoms with Crippen LogP contribution in [-0.4, -0.2) is 36.9 Å². The van der Waals surface area contributed by atoms with Gasteiger partial charge in [-0.3, -0.25) is 4.79 Å². The molecule has 0 N–H and O–H groups in total. The molecule has 2 aromatic carbocycles. The van der Waals surface area contributed by atoms with E-state index >= 15 is 0 Å². The smallest absolute Gasteiger partial charge is 0.203 e. The third-order valence-electron chi connectivity index (χ3n) is 5.54. The number of carbonyl (C=O) groups excluding carboxylic acids is 1. The third kappa shape index (κ3) is 3.41. The minimum absolute atomic E-state index is 0.0270. The Kier molecular flexibility index (Phi) is 5.43. The lowest BCUT2D eigenvalue weighted by molar-refractivity contribution is 0.0963. The van der Waals surface area contributed by atoms with Crippen molar-refractivity contribution < 1.29 is 19.0 Å². The molecule has 0 spiro atoms. The molecular weight excluding hydrogens is 404 g/mol. The molecule has 0 bridgehead atoms. The van der Waals surface area contributed by atoms with Crippen LogP contribution in [0.4, 0.5) is 0 Å². The van der Waals surface area contributed by atoms with Gasteiger partial charge in [0.05, 0.1) is 44.0 Å². The molecule has 3 aromatic rings. The van der Waals surface area contributed by atoms with Crippen LogP contribution in [0.2, 0.25) is 5.02 Å². The number of Topliss-reactive ketones (excluding diaryl/α,β-unsaturated/α-hetero) is 1. The second-order valence-electron chi connectivity index (χ2n) is 7.28. The van der Waals surface area contributed by atoms with Crippen LogP contribution in [-0.2, 0) is 6.42 Å². The molecule has 1 unspecified atom stereocenters. The molecule has 1 aliphatic carbocycles. The quantitative estimate of drug-likeness (QED) is 0.588. The van der Waals surface area contributed by atoms with Gasteiger partial charge in [0, 0.05) is 11.4 Å². The van der Waals surface area contributed by atoms with Gasteiger partial charge in [0.25, 0.3) is 0 Å². The van der Waals surface area contributed by atoms with Crippen LogP contribution >= 0.6 is 11.6 Å². The molecule has 1 aliphatic rings. The minimum Gasteiger partial charge on any atom is -0.493 e. The van der Waals surface area contributed by atoms with E-state index in [4.69, 9.17) is 25.8 Å². The number of benzene rings is 2. The lowest BCUT2D eigenvalue weighted by Crippen LogP contribution is -2.20. The van der Waals surface area contributed by atoms with Gasteiger partial charge >= 0.3 is 0 Å². The van der Waals surface area contributed by atoms with Gasteiger partial charge in [-0.05, 0) is 61.2 Å². The zero-order valence-corrected chi connectivity index (χ0v) is 18.1. The van der Waals surface area contributed by atoms with E-state index in [9.17, 15) is 4.79 Å². The number of aryl methyl sites for hydroxylation is 1. The number of rotatable bonds is 5. The molecule has 30 heavy (non-hydrogen) atoms. The van der Waals surface area contributed by atoms with Crippen LogP contribution in [0.5, 0.6) is 17.2 Å². The maximum atomic E-state index is 13.1. The highest BCUT2D eigenvalue weighted by atomic mass is 35.5. The van der Waals surface area contributed by atoms with Crippen molar-refractivity contribution in [3.8, 4) is 22.9 Å². The average molecular weight is 427 g/mol. The van der Waals surface area contributed by atoms with E-state index < -0.39 is 0 Å². The minimum atomic E-state index is -0.0270. The van der Waals surface area contributed by atoms with Gasteiger partial charge in [0.1, 0.15) is 0 Å². The topological polar surface area (TPSA) is 62.6 Å². The SMILES string of the molecule is COc1cc(C2CC(=O)c3c(C)nn(-c4ccc(Cl)cc4)c3C2)cc(OC)c1OC. The van der Waals surface area contributed by atoms with E-state index in [1.165, 1.54) is 0 Å². The molecule has 6 nitrogen and oxygen atoms in total. The molecule has 1 heterocycles. The Morgan fingerprint density at radius 1 is 1.00 bits per heavy atom. The van der Waals surface area contributed by atoms with Gasteiger partial charge in [-0.2, -0.15) is 5.10 Å². The Bertz CT molecular complexity index is 1080. The van der Waals surface area contributed by atoms with Crippen LogP contribution in [0.25, 0.3) is 5.69 Å². The molecule has 0 saturated heterocycles. The highest BCUT2D eigenvalue weighted by molar-refractivity contribution is 6.30. The van der Waals surface area contributed by atoms with Crippen molar-refractivity contribution in [2.45, 2.75) is 25.7 Å². The Hall–Kier alpha value is -2.99. The predicted octanol–water partition coefficient (Wildman–Crippen LogP) is 4.77. The normalized spacial score (nSPS) is 15.6. The van der Waals surface area contributed by atoms with Crippen molar-refractivity contribution in [1.82, 2.24) is 9.78 Å². The van der Waals surface area contributed by atoms with E-state index in [1.807, 2.05) is 48.0 Å². The Labute approximate surface area is 180 Å². The average Bonchev–Trinajstić information content (AvgIpc) is 3.09. The molecule has 156 valence electrons. The second kappa shape index (κ2) is 8.03. The maximum absolute atomic E-state index is 13.1. The fourth-order valence-electron chi connectivity index (χ4n) is 4.13. The van der Waals surface area contributed by atoms with Crippen LogP contribution in [0.1, 0.15) is 39.6 Å². The fourth-order valence-corrected chi connectivity index (χ4v) is 4.25. The molecule has 1 aromatic heterocycles. The number of hydrogen-bond donors (Lipinski definition) is 0. The van der Waals surface area contributed by atoms with Crippen molar-refractivity contribution in [3.63, 3.8) is 0 Å². The van der Waals surface area contributed by atoms with Gasteiger partial charge in [-0.15, -0.1) is 0 Å². The van der Waals surface area contributed by atoms with Crippen molar-refractivity contribution in [2.24, 2.45) is 0 Å². The predicted molar refractivity (Wildman–Crippen MR) is 115 cm³/mol. The number of fused-ring (bicyclic) bond motifs is 1. The highest BCUT2D eigenvalue weighted by Crippen LogP contribution is 2.43. The summed E-state index contributed by atoms with van der Waals surface area (Å²) in [4.78, 5) is 13.1. The van der Waals surface area contributed by atoms with E-state index in [-0.39, 0.29) is 11.7 Å².